The van der Waals surface area contributed by atoms with Crippen LogP contribution in [0.1, 0.15) is 25.2 Å². The zero-order chi connectivity index (χ0) is 19.3. The van der Waals surface area contributed by atoms with Crippen LogP contribution in [0.4, 0.5) is 5.69 Å². The molecule has 2 N–H and O–H groups in total. The van der Waals surface area contributed by atoms with E-state index in [4.69, 9.17) is 4.74 Å². The van der Waals surface area contributed by atoms with E-state index in [1.54, 1.807) is 32.0 Å². The average molecular weight is 380 g/mol. The van der Waals surface area contributed by atoms with Gasteiger partial charge in [0.05, 0.1) is 23.7 Å². The summed E-state index contributed by atoms with van der Waals surface area (Å²) in [5, 5.41) is 6.57. The predicted molar refractivity (Wildman–Crippen MR) is 98.9 cm³/mol. The van der Waals surface area contributed by atoms with Crippen molar-refractivity contribution in [2.75, 3.05) is 24.6 Å². The van der Waals surface area contributed by atoms with E-state index in [0.717, 1.165) is 0 Å². The van der Waals surface area contributed by atoms with Crippen LogP contribution in [0.3, 0.4) is 0 Å². The van der Waals surface area contributed by atoms with Gasteiger partial charge in [0.25, 0.3) is 0 Å². The molecule has 0 saturated carbocycles. The summed E-state index contributed by atoms with van der Waals surface area (Å²) in [6.45, 7) is 7.27. The Hall–Kier alpha value is -2.39. The van der Waals surface area contributed by atoms with E-state index >= 15 is 0 Å². The van der Waals surface area contributed by atoms with Crippen molar-refractivity contribution < 1.29 is 17.9 Å². The number of para-hydroxylation sites is 2. The lowest BCUT2D eigenvalue weighted by Gasteiger charge is -2.23. The maximum Gasteiger partial charge on any atom is 0.244 e. The number of aryl methyl sites for hydroxylation is 2. The standard InChI is InChI=1S/C17H24N4O4S/c1-5-25-16-9-7-6-8-15(16)21(14(4)22)11-10-18-26(23,24)17-12(2)19-20-13(17)3/h6-9,18H,5,10-11H2,1-4H3,(H,19,20). The Morgan fingerprint density at radius 1 is 1.31 bits per heavy atom. The Morgan fingerprint density at radius 2 is 2.00 bits per heavy atom. The van der Waals surface area contributed by atoms with Crippen LogP contribution in [0.5, 0.6) is 5.75 Å². The van der Waals surface area contributed by atoms with Gasteiger partial charge in [-0.05, 0) is 32.9 Å². The predicted octanol–water partition coefficient (Wildman–Crippen LogP) is 1.76. The number of aromatic amines is 1. The Labute approximate surface area is 153 Å². The van der Waals surface area contributed by atoms with Gasteiger partial charge < -0.3 is 9.64 Å². The molecule has 0 aliphatic rings. The van der Waals surface area contributed by atoms with Gasteiger partial charge in [0.2, 0.25) is 15.9 Å². The molecule has 142 valence electrons. The van der Waals surface area contributed by atoms with Crippen molar-refractivity contribution in [2.24, 2.45) is 0 Å². The molecule has 1 heterocycles. The van der Waals surface area contributed by atoms with Crippen molar-refractivity contribution in [3.63, 3.8) is 0 Å². The summed E-state index contributed by atoms with van der Waals surface area (Å²) in [5.74, 6) is 0.376. The minimum absolute atomic E-state index is 0.0619. The number of carbonyl (C=O) groups excluding carboxylic acids is 1. The second-order valence-electron chi connectivity index (χ2n) is 5.73. The molecule has 0 aliphatic carbocycles. The lowest BCUT2D eigenvalue weighted by Crippen LogP contribution is -2.38. The lowest BCUT2D eigenvalue weighted by molar-refractivity contribution is -0.116. The summed E-state index contributed by atoms with van der Waals surface area (Å²) in [6.07, 6.45) is 0. The number of aromatic nitrogens is 2. The van der Waals surface area contributed by atoms with Crippen molar-refractivity contribution in [2.45, 2.75) is 32.6 Å². The van der Waals surface area contributed by atoms with E-state index in [-0.39, 0.29) is 23.9 Å². The Balaban J connectivity index is 2.14. The summed E-state index contributed by atoms with van der Waals surface area (Å²) in [7, 11) is -3.72. The number of ether oxygens (including phenoxy) is 1. The normalized spacial score (nSPS) is 11.4. The lowest BCUT2D eigenvalue weighted by atomic mass is 10.2. The number of anilines is 1. The van der Waals surface area contributed by atoms with E-state index in [9.17, 15) is 13.2 Å². The second-order valence-corrected chi connectivity index (χ2v) is 7.44. The minimum Gasteiger partial charge on any atom is -0.492 e. The maximum absolute atomic E-state index is 12.5. The minimum atomic E-state index is -3.72. The van der Waals surface area contributed by atoms with Gasteiger partial charge in [-0.15, -0.1) is 0 Å². The second kappa shape index (κ2) is 8.33. The van der Waals surface area contributed by atoms with Gasteiger partial charge in [0, 0.05) is 20.0 Å². The zero-order valence-corrected chi connectivity index (χ0v) is 16.2. The number of benzene rings is 1. The van der Waals surface area contributed by atoms with Crippen molar-refractivity contribution in [3.05, 3.63) is 35.7 Å². The third-order valence-corrected chi connectivity index (χ3v) is 5.52. The highest BCUT2D eigenvalue weighted by molar-refractivity contribution is 7.89. The zero-order valence-electron chi connectivity index (χ0n) is 15.4. The van der Waals surface area contributed by atoms with E-state index in [1.807, 2.05) is 13.0 Å². The fourth-order valence-corrected chi connectivity index (χ4v) is 4.09. The fourth-order valence-electron chi connectivity index (χ4n) is 2.71. The average Bonchev–Trinajstić information content (AvgIpc) is 2.92. The number of nitrogens with zero attached hydrogens (tertiary/aromatic N) is 2. The number of nitrogens with one attached hydrogen (secondary N) is 2. The fraction of sp³-hybridized carbons (Fsp3) is 0.412. The number of sulfonamides is 1. The summed E-state index contributed by atoms with van der Waals surface area (Å²) in [5.41, 5.74) is 1.48. The van der Waals surface area contributed by atoms with Gasteiger partial charge >= 0.3 is 0 Å². The van der Waals surface area contributed by atoms with Gasteiger partial charge in [-0.25, -0.2) is 13.1 Å². The van der Waals surface area contributed by atoms with Crippen molar-refractivity contribution in [3.8, 4) is 5.75 Å². The molecule has 2 aromatic rings. The van der Waals surface area contributed by atoms with Crippen LogP contribution in [-0.2, 0) is 14.8 Å². The molecule has 0 bridgehead atoms. The highest BCUT2D eigenvalue weighted by atomic mass is 32.2. The summed E-state index contributed by atoms with van der Waals surface area (Å²) < 4.78 is 33.1. The molecule has 1 aromatic carbocycles. The molecule has 0 unspecified atom stereocenters. The molecule has 0 radical (unpaired) electrons. The number of hydrogen-bond donors (Lipinski definition) is 2. The third-order valence-electron chi connectivity index (χ3n) is 3.79. The first kappa shape index (κ1) is 19.9. The van der Waals surface area contributed by atoms with E-state index in [0.29, 0.717) is 29.4 Å². The van der Waals surface area contributed by atoms with Gasteiger partial charge in [0.15, 0.2) is 0 Å². The van der Waals surface area contributed by atoms with E-state index in [1.165, 1.54) is 11.8 Å². The van der Waals surface area contributed by atoms with E-state index in [2.05, 4.69) is 14.9 Å². The topological polar surface area (TPSA) is 104 Å². The molecule has 1 aromatic heterocycles. The first-order valence-corrected chi connectivity index (χ1v) is 9.77. The molecule has 0 atom stereocenters. The maximum atomic E-state index is 12.5. The number of amides is 1. The van der Waals surface area contributed by atoms with Crippen LogP contribution in [0.15, 0.2) is 29.2 Å². The molecule has 1 amide bonds. The van der Waals surface area contributed by atoms with E-state index < -0.39 is 10.0 Å². The molecule has 0 spiro atoms. The summed E-state index contributed by atoms with van der Waals surface area (Å²) >= 11 is 0. The highest BCUT2D eigenvalue weighted by Gasteiger charge is 2.23. The Morgan fingerprint density at radius 3 is 2.58 bits per heavy atom. The summed E-state index contributed by atoms with van der Waals surface area (Å²) in [6, 6.07) is 7.17. The van der Waals surface area contributed by atoms with Gasteiger partial charge in [0.1, 0.15) is 10.6 Å². The smallest absolute Gasteiger partial charge is 0.244 e. The number of carbonyl (C=O) groups is 1. The third kappa shape index (κ3) is 4.41. The number of H-pyrrole nitrogens is 1. The van der Waals surface area contributed by atoms with Crippen molar-refractivity contribution >= 4 is 21.6 Å². The van der Waals surface area contributed by atoms with Crippen LogP contribution in [0.2, 0.25) is 0 Å². The highest BCUT2D eigenvalue weighted by Crippen LogP contribution is 2.28. The molecular weight excluding hydrogens is 356 g/mol. The molecular formula is C17H24N4O4S. The number of rotatable bonds is 8. The first-order chi connectivity index (χ1) is 12.3. The van der Waals surface area contributed by atoms with Crippen LogP contribution >= 0.6 is 0 Å². The molecule has 8 nitrogen and oxygen atoms in total. The molecule has 26 heavy (non-hydrogen) atoms. The Bertz CT molecular complexity index is 857. The largest absolute Gasteiger partial charge is 0.492 e. The van der Waals surface area contributed by atoms with Gasteiger partial charge in [-0.3, -0.25) is 9.89 Å². The molecule has 0 aliphatic heterocycles. The first-order valence-electron chi connectivity index (χ1n) is 8.29. The summed E-state index contributed by atoms with van der Waals surface area (Å²) in [4.78, 5) is 13.7. The Kier molecular flexibility index (Phi) is 6.38. The van der Waals surface area contributed by atoms with Crippen LogP contribution in [-0.4, -0.2) is 44.2 Å². The molecule has 0 saturated heterocycles. The van der Waals surface area contributed by atoms with Gasteiger partial charge in [-0.2, -0.15) is 5.10 Å². The molecule has 9 heteroatoms. The number of hydrogen-bond acceptors (Lipinski definition) is 5. The molecule has 0 fully saturated rings. The van der Waals surface area contributed by atoms with Crippen LogP contribution in [0.25, 0.3) is 0 Å². The monoisotopic (exact) mass is 380 g/mol. The quantitative estimate of drug-likeness (QED) is 0.726. The van der Waals surface area contributed by atoms with Crippen molar-refractivity contribution in [1.82, 2.24) is 14.9 Å². The van der Waals surface area contributed by atoms with Gasteiger partial charge in [-0.1, -0.05) is 12.1 Å². The molecule has 2 rings (SSSR count). The SMILES string of the molecule is CCOc1ccccc1N(CCNS(=O)(=O)c1c(C)n[nH]c1C)C(C)=O. The van der Waals surface area contributed by atoms with Crippen LogP contribution < -0.4 is 14.4 Å². The van der Waals surface area contributed by atoms with Crippen LogP contribution in [0, 0.1) is 13.8 Å². The van der Waals surface area contributed by atoms with Crippen molar-refractivity contribution in [1.29, 1.82) is 0 Å².